The fourth-order valence-electron chi connectivity index (χ4n) is 2.02. The highest BCUT2D eigenvalue weighted by atomic mass is 19.1. The Hall–Kier alpha value is -2.63. The number of hydrogen-bond donors (Lipinski definition) is 1. The second kappa shape index (κ2) is 4.80. The van der Waals surface area contributed by atoms with E-state index in [-0.39, 0.29) is 5.82 Å². The van der Waals surface area contributed by atoms with Gasteiger partial charge in [-0.2, -0.15) is 10.2 Å². The smallest absolute Gasteiger partial charge is 0.125 e. The Bertz CT molecular complexity index is 744. The van der Waals surface area contributed by atoms with E-state index in [2.05, 4.69) is 10.2 Å². The van der Waals surface area contributed by atoms with Gasteiger partial charge in [-0.3, -0.25) is 4.68 Å². The molecule has 0 aliphatic heterocycles. The molecule has 20 heavy (non-hydrogen) atoms. The quantitative estimate of drug-likeness (QED) is 0.796. The molecule has 2 heterocycles. The van der Waals surface area contributed by atoms with E-state index < -0.39 is 0 Å². The second-order valence-electron chi connectivity index (χ2n) is 4.44. The minimum absolute atomic E-state index is 0.308. The monoisotopic (exact) mass is 271 g/mol. The summed E-state index contributed by atoms with van der Waals surface area (Å²) >= 11 is 0. The van der Waals surface area contributed by atoms with Crippen molar-refractivity contribution < 1.29 is 4.39 Å². The van der Waals surface area contributed by atoms with Crippen LogP contribution in [0.2, 0.25) is 0 Å². The number of rotatable bonds is 3. The van der Waals surface area contributed by atoms with Crippen molar-refractivity contribution in [2.45, 2.75) is 13.5 Å². The normalized spacial score (nSPS) is 10.9. The van der Waals surface area contributed by atoms with Crippen LogP contribution in [-0.2, 0) is 6.54 Å². The van der Waals surface area contributed by atoms with Gasteiger partial charge in [0.05, 0.1) is 23.8 Å². The molecule has 0 spiro atoms. The minimum Gasteiger partial charge on any atom is -0.396 e. The number of nitrogens with two attached hydrogens (primary N) is 1. The first-order valence-corrected chi connectivity index (χ1v) is 6.31. The maximum atomic E-state index is 13.2. The third-order valence-corrected chi connectivity index (χ3v) is 3.05. The summed E-state index contributed by atoms with van der Waals surface area (Å²) in [6.45, 7) is 2.79. The Balaban J connectivity index is 2.02. The number of benzene rings is 1. The number of aromatic nitrogens is 4. The number of nitrogens with zero attached hydrogens (tertiary/aromatic N) is 4. The van der Waals surface area contributed by atoms with E-state index in [9.17, 15) is 4.39 Å². The van der Waals surface area contributed by atoms with E-state index in [1.165, 1.54) is 12.1 Å². The average Bonchev–Trinajstić information content (AvgIpc) is 3.04. The summed E-state index contributed by atoms with van der Waals surface area (Å²) in [6, 6.07) is 6.21. The molecule has 6 heteroatoms. The molecule has 0 atom stereocenters. The predicted octanol–water partition coefficient (Wildman–Crippen LogP) is 2.48. The van der Waals surface area contributed by atoms with Crippen LogP contribution in [0.4, 0.5) is 10.1 Å². The second-order valence-corrected chi connectivity index (χ2v) is 4.44. The molecule has 5 nitrogen and oxygen atoms in total. The third kappa shape index (κ3) is 2.16. The van der Waals surface area contributed by atoms with Crippen LogP contribution in [0.3, 0.4) is 0 Å². The van der Waals surface area contributed by atoms with E-state index in [0.717, 1.165) is 12.1 Å². The molecule has 102 valence electrons. The van der Waals surface area contributed by atoms with Gasteiger partial charge in [0.1, 0.15) is 11.5 Å². The molecule has 0 saturated heterocycles. The first-order valence-electron chi connectivity index (χ1n) is 6.31. The molecule has 0 unspecified atom stereocenters. The summed E-state index contributed by atoms with van der Waals surface area (Å²) in [7, 11) is 0. The molecule has 0 radical (unpaired) electrons. The van der Waals surface area contributed by atoms with Gasteiger partial charge >= 0.3 is 0 Å². The van der Waals surface area contributed by atoms with E-state index in [4.69, 9.17) is 5.73 Å². The molecule has 0 aliphatic carbocycles. The molecule has 0 bridgehead atoms. The fourth-order valence-corrected chi connectivity index (χ4v) is 2.02. The summed E-state index contributed by atoms with van der Waals surface area (Å²) in [6.07, 6.45) is 5.28. The van der Waals surface area contributed by atoms with Crippen LogP contribution in [0.25, 0.3) is 16.9 Å². The maximum absolute atomic E-state index is 13.2. The largest absolute Gasteiger partial charge is 0.396 e. The lowest BCUT2D eigenvalue weighted by Crippen LogP contribution is -1.95. The van der Waals surface area contributed by atoms with E-state index in [1.807, 2.05) is 13.1 Å². The van der Waals surface area contributed by atoms with Gasteiger partial charge in [0.2, 0.25) is 0 Å². The maximum Gasteiger partial charge on any atom is 0.125 e. The molecule has 2 N–H and O–H groups in total. The highest BCUT2D eigenvalue weighted by Gasteiger charge is 2.11. The molecule has 0 amide bonds. The summed E-state index contributed by atoms with van der Waals surface area (Å²) < 4.78 is 16.6. The lowest BCUT2D eigenvalue weighted by molar-refractivity contribution is 0.625. The van der Waals surface area contributed by atoms with Gasteiger partial charge < -0.3 is 5.73 Å². The van der Waals surface area contributed by atoms with Gasteiger partial charge in [0, 0.05) is 18.3 Å². The van der Waals surface area contributed by atoms with Crippen LogP contribution >= 0.6 is 0 Å². The molecule has 0 saturated carbocycles. The topological polar surface area (TPSA) is 61.7 Å². The van der Waals surface area contributed by atoms with Gasteiger partial charge in [-0.1, -0.05) is 6.07 Å². The van der Waals surface area contributed by atoms with E-state index in [0.29, 0.717) is 17.1 Å². The standard InChI is InChI=1S/C14H14FN5/c1-2-19-8-10(7-17-19)14-13(16)9-20(18-14)12-5-3-4-11(15)6-12/h3-9H,2,16H2,1H3. The number of halogens is 1. The zero-order valence-corrected chi connectivity index (χ0v) is 11.0. The van der Waals surface area contributed by atoms with E-state index in [1.54, 1.807) is 33.9 Å². The fraction of sp³-hybridized carbons (Fsp3) is 0.143. The number of aryl methyl sites for hydroxylation is 1. The van der Waals surface area contributed by atoms with Crippen LogP contribution < -0.4 is 5.73 Å². The Kier molecular flexibility index (Phi) is 2.98. The van der Waals surface area contributed by atoms with Gasteiger partial charge in [-0.15, -0.1) is 0 Å². The molecule has 0 fully saturated rings. The van der Waals surface area contributed by atoms with Crippen molar-refractivity contribution in [3.63, 3.8) is 0 Å². The summed E-state index contributed by atoms with van der Waals surface area (Å²) in [5.74, 6) is -0.308. The minimum atomic E-state index is -0.308. The summed E-state index contributed by atoms with van der Waals surface area (Å²) in [4.78, 5) is 0. The lowest BCUT2D eigenvalue weighted by Gasteiger charge is -2.00. The molecular formula is C14H14FN5. The van der Waals surface area contributed by atoms with Gasteiger partial charge in [-0.25, -0.2) is 9.07 Å². The van der Waals surface area contributed by atoms with Crippen LogP contribution in [0, 0.1) is 5.82 Å². The molecule has 0 aliphatic rings. The Morgan fingerprint density at radius 2 is 2.15 bits per heavy atom. The average molecular weight is 271 g/mol. The highest BCUT2D eigenvalue weighted by Crippen LogP contribution is 2.25. The Labute approximate surface area is 115 Å². The van der Waals surface area contributed by atoms with Gasteiger partial charge in [-0.05, 0) is 25.1 Å². The zero-order valence-electron chi connectivity index (χ0n) is 11.0. The van der Waals surface area contributed by atoms with Crippen molar-refractivity contribution >= 4 is 5.69 Å². The van der Waals surface area contributed by atoms with Crippen molar-refractivity contribution in [3.05, 3.63) is 48.7 Å². The Morgan fingerprint density at radius 3 is 2.85 bits per heavy atom. The predicted molar refractivity (Wildman–Crippen MR) is 74.8 cm³/mol. The van der Waals surface area contributed by atoms with Crippen molar-refractivity contribution in [3.8, 4) is 16.9 Å². The first kappa shape index (κ1) is 12.4. The zero-order chi connectivity index (χ0) is 14.1. The first-order chi connectivity index (χ1) is 9.67. The molecule has 2 aromatic heterocycles. The molecule has 1 aromatic carbocycles. The van der Waals surface area contributed by atoms with Crippen molar-refractivity contribution in [1.29, 1.82) is 0 Å². The Morgan fingerprint density at radius 1 is 1.30 bits per heavy atom. The van der Waals surface area contributed by atoms with Crippen molar-refractivity contribution in [2.24, 2.45) is 0 Å². The van der Waals surface area contributed by atoms with Crippen LogP contribution in [0.15, 0.2) is 42.9 Å². The van der Waals surface area contributed by atoms with E-state index >= 15 is 0 Å². The number of anilines is 1. The van der Waals surface area contributed by atoms with Crippen LogP contribution in [-0.4, -0.2) is 19.6 Å². The molecule has 3 rings (SSSR count). The highest BCUT2D eigenvalue weighted by molar-refractivity contribution is 5.71. The van der Waals surface area contributed by atoms with Gasteiger partial charge in [0.15, 0.2) is 0 Å². The number of hydrogen-bond acceptors (Lipinski definition) is 3. The summed E-state index contributed by atoms with van der Waals surface area (Å²) in [5.41, 5.74) is 8.64. The summed E-state index contributed by atoms with van der Waals surface area (Å²) in [5, 5.41) is 8.61. The van der Waals surface area contributed by atoms with Crippen molar-refractivity contribution in [1.82, 2.24) is 19.6 Å². The van der Waals surface area contributed by atoms with Crippen molar-refractivity contribution in [2.75, 3.05) is 5.73 Å². The molecular weight excluding hydrogens is 257 g/mol. The molecule has 3 aromatic rings. The lowest BCUT2D eigenvalue weighted by atomic mass is 10.2. The number of nitrogen functional groups attached to an aromatic ring is 1. The SMILES string of the molecule is CCn1cc(-c2nn(-c3cccc(F)c3)cc2N)cn1. The van der Waals surface area contributed by atoms with Crippen LogP contribution in [0.1, 0.15) is 6.92 Å². The third-order valence-electron chi connectivity index (χ3n) is 3.05. The van der Waals surface area contributed by atoms with Crippen LogP contribution in [0.5, 0.6) is 0 Å². The van der Waals surface area contributed by atoms with Gasteiger partial charge in [0.25, 0.3) is 0 Å².